The van der Waals surface area contributed by atoms with Crippen molar-refractivity contribution in [2.24, 2.45) is 0 Å². The van der Waals surface area contributed by atoms with E-state index in [-0.39, 0.29) is 51.5 Å². The summed E-state index contributed by atoms with van der Waals surface area (Å²) < 4.78 is 75.7. The molecule has 3 amide bonds. The Balaban J connectivity index is 0.862. The zero-order valence-electron chi connectivity index (χ0n) is 67.2. The molecule has 0 aliphatic carbocycles. The number of ether oxygens (including phenoxy) is 11. The Morgan fingerprint density at radius 2 is 0.855 bits per heavy atom. The number of carboxylic acids is 2. The fraction of sp³-hybridized carbons (Fsp3) is 0.861. The molecule has 0 bridgehead atoms. The topological polar surface area (TPSA) is 587 Å². The van der Waals surface area contributed by atoms with Crippen molar-refractivity contribution >= 4 is 29.7 Å². The minimum atomic E-state index is -2.33. The van der Waals surface area contributed by atoms with Crippen molar-refractivity contribution < 1.29 is 172 Å². The number of rotatable bonds is 57. The van der Waals surface area contributed by atoms with Crippen molar-refractivity contribution in [1.29, 1.82) is 0 Å². The van der Waals surface area contributed by atoms with Crippen molar-refractivity contribution in [1.82, 2.24) is 16.0 Å². The molecule has 5 aliphatic rings. The Kier molecular flexibility index (Phi) is 46.8. The molecule has 1 aromatic carbocycles. The number of halogens is 1. The van der Waals surface area contributed by atoms with E-state index in [2.05, 4.69) is 29.8 Å². The maximum absolute atomic E-state index is 14.3. The van der Waals surface area contributed by atoms with Crippen LogP contribution < -0.4 is 16.0 Å². The number of aliphatic hydroxyl groups excluding tert-OH is 16. The highest BCUT2D eigenvalue weighted by atomic mass is 19.1. The molecule has 0 saturated carbocycles. The average Bonchev–Trinajstić information content (AvgIpc) is 0.767. The van der Waals surface area contributed by atoms with Gasteiger partial charge in [-0.05, 0) is 56.2 Å². The summed E-state index contributed by atoms with van der Waals surface area (Å²) in [6.07, 6.45) is -27.5. The number of benzene rings is 1. The van der Waals surface area contributed by atoms with E-state index < -0.39 is 227 Å². The predicted octanol–water partition coefficient (Wildman–Crippen LogP) is -0.985. The van der Waals surface area contributed by atoms with Crippen LogP contribution in [0.15, 0.2) is 24.3 Å². The SMILES string of the molecule is CCCCCCCCCCCCCC[C@@H](O)[C@@H](O)[C@H](COC1OC(COCCCCCCNC(=O)CCCCC(=O)NCCOC2OC(CO)C(OC3OC(C(=O)O)C(O)C(OC4OC(CO)C(OC5OC(C(=O)O)C(O)C(O)C5O)C(O)C4O)C3O)C(O)C2O)C(O)C(O)C1O)NC(=O)C(CCCCCCCCC)c1ccc(F)cc1. The number of amides is 3. The van der Waals surface area contributed by atoms with Gasteiger partial charge in [0.25, 0.3) is 0 Å². The van der Waals surface area contributed by atoms with Crippen LogP contribution in [-0.2, 0) is 76.1 Å². The minimum Gasteiger partial charge on any atom is -0.479 e. The van der Waals surface area contributed by atoms with Crippen LogP contribution in [0.2, 0.25) is 0 Å². The molecule has 5 aliphatic heterocycles. The van der Waals surface area contributed by atoms with Crippen LogP contribution in [0.1, 0.15) is 212 Å². The van der Waals surface area contributed by atoms with Crippen LogP contribution >= 0.6 is 0 Å². The molecule has 0 radical (unpaired) electrons. The third-order valence-electron chi connectivity index (χ3n) is 22.0. The Labute approximate surface area is 681 Å². The van der Waals surface area contributed by atoms with Gasteiger partial charge < -0.3 is 160 Å². The van der Waals surface area contributed by atoms with E-state index in [1.807, 2.05) is 0 Å². The van der Waals surface area contributed by atoms with Crippen LogP contribution in [0.3, 0.4) is 0 Å². The quantitative estimate of drug-likeness (QED) is 0.0348. The Hall–Kier alpha value is -4.58. The van der Waals surface area contributed by atoms with Gasteiger partial charge in [-0.3, -0.25) is 14.4 Å². The lowest BCUT2D eigenvalue weighted by molar-refractivity contribution is -0.385. The number of nitrogens with one attached hydrogen (secondary N) is 3. The molecule has 676 valence electrons. The summed E-state index contributed by atoms with van der Waals surface area (Å²) in [5.74, 6) is -5.95. The van der Waals surface area contributed by atoms with Crippen LogP contribution in [0.5, 0.6) is 0 Å². The Morgan fingerprint density at radius 3 is 1.40 bits per heavy atom. The number of carboxylic acid groups (broad SMARTS) is 2. The van der Waals surface area contributed by atoms with Gasteiger partial charge in [0.15, 0.2) is 43.7 Å². The molecule has 6 rings (SSSR count). The molecule has 1 aromatic rings. The lowest BCUT2D eigenvalue weighted by atomic mass is 9.91. The summed E-state index contributed by atoms with van der Waals surface area (Å²) in [7, 11) is 0. The van der Waals surface area contributed by atoms with Gasteiger partial charge in [-0.1, -0.05) is 161 Å². The van der Waals surface area contributed by atoms with E-state index in [9.17, 15) is 120 Å². The summed E-state index contributed by atoms with van der Waals surface area (Å²) in [6.45, 7) is 1.81. The molecule has 5 fully saturated rings. The summed E-state index contributed by atoms with van der Waals surface area (Å²) >= 11 is 0. The largest absolute Gasteiger partial charge is 0.479 e. The van der Waals surface area contributed by atoms with E-state index in [1.165, 1.54) is 57.1 Å². The molecule has 21 N–H and O–H groups in total. The Bertz CT molecular complexity index is 2940. The fourth-order valence-electron chi connectivity index (χ4n) is 14.8. The summed E-state index contributed by atoms with van der Waals surface area (Å²) in [5.41, 5.74) is 0.581. The second kappa shape index (κ2) is 54.1. The molecule has 117 heavy (non-hydrogen) atoms. The molecular formula is C79H134FN3O34. The second-order valence-corrected chi connectivity index (χ2v) is 31.2. The molecule has 0 aromatic heterocycles. The normalized spacial score (nSPS) is 32.5. The first-order valence-corrected chi connectivity index (χ1v) is 41.9. The van der Waals surface area contributed by atoms with Crippen LogP contribution in [-0.4, -0.2) is 346 Å². The van der Waals surface area contributed by atoms with Crippen LogP contribution in [0, 0.1) is 5.82 Å². The lowest BCUT2D eigenvalue weighted by Crippen LogP contribution is -2.68. The lowest BCUT2D eigenvalue weighted by Gasteiger charge is -2.48. The second-order valence-electron chi connectivity index (χ2n) is 31.2. The minimum absolute atomic E-state index is 0.0272. The molecule has 26 unspecified atom stereocenters. The molecule has 0 spiro atoms. The van der Waals surface area contributed by atoms with E-state index in [0.717, 1.165) is 70.6 Å². The number of aliphatic hydroxyl groups is 16. The van der Waals surface area contributed by atoms with E-state index in [1.54, 1.807) is 12.1 Å². The van der Waals surface area contributed by atoms with Crippen LogP contribution in [0.4, 0.5) is 4.39 Å². The number of hydrogen-bond donors (Lipinski definition) is 21. The van der Waals surface area contributed by atoms with Gasteiger partial charge in [-0.25, -0.2) is 14.0 Å². The third kappa shape index (κ3) is 32.2. The predicted molar refractivity (Wildman–Crippen MR) is 407 cm³/mol. The van der Waals surface area contributed by atoms with Crippen molar-refractivity contribution in [2.45, 2.75) is 378 Å². The zero-order chi connectivity index (χ0) is 85.7. The number of aliphatic carboxylic acids is 2. The molecule has 37 nitrogen and oxygen atoms in total. The highest BCUT2D eigenvalue weighted by Crippen LogP contribution is 2.36. The van der Waals surface area contributed by atoms with Gasteiger partial charge in [0, 0.05) is 32.5 Å². The number of hydrogen-bond acceptors (Lipinski definition) is 32. The highest BCUT2D eigenvalue weighted by Gasteiger charge is 2.57. The average molecular weight is 1690 g/mol. The molecule has 29 atom stereocenters. The zero-order valence-corrected chi connectivity index (χ0v) is 67.2. The van der Waals surface area contributed by atoms with Gasteiger partial charge in [-0.15, -0.1) is 0 Å². The highest BCUT2D eigenvalue weighted by molar-refractivity contribution is 5.84. The van der Waals surface area contributed by atoms with E-state index >= 15 is 0 Å². The van der Waals surface area contributed by atoms with Crippen molar-refractivity contribution in [3.05, 3.63) is 35.6 Å². The van der Waals surface area contributed by atoms with Gasteiger partial charge in [0.2, 0.25) is 17.7 Å². The van der Waals surface area contributed by atoms with Crippen LogP contribution in [0.25, 0.3) is 0 Å². The van der Waals surface area contributed by atoms with Gasteiger partial charge >= 0.3 is 11.9 Å². The summed E-state index contributed by atoms with van der Waals surface area (Å²) in [6, 6.07) is 4.48. The molecule has 5 heterocycles. The maximum atomic E-state index is 14.3. The Morgan fingerprint density at radius 1 is 0.427 bits per heavy atom. The van der Waals surface area contributed by atoms with Crippen molar-refractivity contribution in [3.8, 4) is 0 Å². The number of unbranched alkanes of at least 4 members (excludes halogenated alkanes) is 21. The summed E-state index contributed by atoms with van der Waals surface area (Å²) in [5, 5.41) is 202. The smallest absolute Gasteiger partial charge is 0.335 e. The number of carbonyl (C=O) groups excluding carboxylic acids is 3. The maximum Gasteiger partial charge on any atom is 0.335 e. The molecule has 5 saturated heterocycles. The van der Waals surface area contributed by atoms with Crippen molar-refractivity contribution in [3.63, 3.8) is 0 Å². The number of carbonyl (C=O) groups is 5. The monoisotopic (exact) mass is 1690 g/mol. The first kappa shape index (κ1) is 101. The first-order valence-electron chi connectivity index (χ1n) is 41.9. The standard InChI is InChI=1S/C79H134FN3O34/c1-3-5-7-9-11-12-13-14-15-17-19-23-29-48(86)54(89)47(83-72(102)46(44-32-34-45(80)35-33-44)28-22-18-16-10-8-6-4-2)42-109-76-61(96)56(91)55(90)51(112-76)43-107-38-27-21-20-26-36-81-52(87)30-24-25-31-53(88)82-37-39-108-75-63(98)59(94)67(49(40-84)110-75)114-79-66(101)69(65(100)71(117-79)74(105)106)115-77-64(99)60(95)68(50(41-85)111-77)113-78-62(97)57(92)58(93)70(116-78)73(103)104/h32-35,46-51,54-71,75-79,84-86,89-101H,3-31,36-43H2,1-2H3,(H,81,87)(H,82,88)(H,83,102)(H,103,104)(H,105,106)/t46?,47-,48+,49?,50?,51?,54-,55?,56?,57?,58?,59?,60?,61?,62?,63?,64?,65?,66?,67?,68?,69?,70?,71?,75?,76?,77?,78?,79?/m0/s1. The van der Waals surface area contributed by atoms with Crippen molar-refractivity contribution in [2.75, 3.05) is 52.7 Å². The van der Waals surface area contributed by atoms with Gasteiger partial charge in [-0.2, -0.15) is 0 Å². The summed E-state index contributed by atoms with van der Waals surface area (Å²) in [4.78, 5) is 63.6. The van der Waals surface area contributed by atoms with E-state index in [0.29, 0.717) is 63.5 Å². The van der Waals surface area contributed by atoms with Gasteiger partial charge in [0.05, 0.1) is 51.1 Å². The van der Waals surface area contributed by atoms with E-state index in [4.69, 9.17) is 52.1 Å². The van der Waals surface area contributed by atoms with Gasteiger partial charge in [0.1, 0.15) is 122 Å². The fourth-order valence-corrected chi connectivity index (χ4v) is 14.8. The third-order valence-corrected chi connectivity index (χ3v) is 22.0. The first-order chi connectivity index (χ1) is 56.1. The molecular weight excluding hydrogens is 1550 g/mol. The molecule has 38 heteroatoms.